The number of hydrogen-bond donors (Lipinski definition) is 1. The van der Waals surface area contributed by atoms with E-state index in [1.54, 1.807) is 43.5 Å². The number of nitrogens with zero attached hydrogens (tertiary/aromatic N) is 3. The molecule has 0 aliphatic carbocycles. The van der Waals surface area contributed by atoms with Crippen molar-refractivity contribution < 1.29 is 27.8 Å². The molecule has 4 rings (SSSR count). The zero-order valence-electron chi connectivity index (χ0n) is 19.3. The summed E-state index contributed by atoms with van der Waals surface area (Å²) in [6, 6.07) is 11.9. The summed E-state index contributed by atoms with van der Waals surface area (Å²) in [5, 5.41) is 10.3. The molecule has 0 radical (unpaired) electrons. The quantitative estimate of drug-likeness (QED) is 0.312. The van der Waals surface area contributed by atoms with Crippen molar-refractivity contribution >= 4 is 22.4 Å². The van der Waals surface area contributed by atoms with Crippen LogP contribution < -0.4 is 14.8 Å². The van der Waals surface area contributed by atoms with Gasteiger partial charge in [0.1, 0.15) is 23.4 Å². The number of anilines is 1. The van der Waals surface area contributed by atoms with Crippen molar-refractivity contribution in [3.8, 4) is 28.7 Å². The minimum Gasteiger partial charge on any atom is -0.488 e. The highest BCUT2D eigenvalue weighted by molar-refractivity contribution is 7.14. The lowest BCUT2D eigenvalue weighted by molar-refractivity contribution is 0.0916. The first-order chi connectivity index (χ1) is 16.9. The second-order valence-corrected chi connectivity index (χ2v) is 8.47. The highest BCUT2D eigenvalue weighted by Crippen LogP contribution is 2.31. The van der Waals surface area contributed by atoms with Gasteiger partial charge in [-0.05, 0) is 37.3 Å². The first-order valence-electron chi connectivity index (χ1n) is 10.8. The maximum atomic E-state index is 13.3. The van der Waals surface area contributed by atoms with Gasteiger partial charge in [-0.2, -0.15) is 4.39 Å². The maximum absolute atomic E-state index is 13.3. The zero-order chi connectivity index (χ0) is 24.8. The highest BCUT2D eigenvalue weighted by Gasteiger charge is 2.15. The number of nitrogens with one attached hydrogen (secondary N) is 1. The number of aromatic nitrogens is 3. The fourth-order valence-electron chi connectivity index (χ4n) is 3.15. The summed E-state index contributed by atoms with van der Waals surface area (Å²) in [6.07, 6.45) is 1.41. The molecule has 11 heteroatoms. The van der Waals surface area contributed by atoms with Gasteiger partial charge in [-0.3, -0.25) is 10.1 Å². The molecule has 0 saturated carbocycles. The van der Waals surface area contributed by atoms with E-state index in [1.165, 1.54) is 0 Å². The first-order valence-corrected chi connectivity index (χ1v) is 11.6. The Hall–Kier alpha value is -3.83. The normalized spacial score (nSPS) is 11.8. The molecular formula is C24H23FN4O5S. The summed E-state index contributed by atoms with van der Waals surface area (Å²) in [5.74, 6) is 1.70. The van der Waals surface area contributed by atoms with E-state index in [2.05, 4.69) is 20.5 Å². The second kappa shape index (κ2) is 11.1. The summed E-state index contributed by atoms with van der Waals surface area (Å²) in [5.41, 5.74) is 0.943. The van der Waals surface area contributed by atoms with Gasteiger partial charge in [0.2, 0.25) is 11.8 Å². The minimum absolute atomic E-state index is 0.146. The average Bonchev–Trinajstić information content (AvgIpc) is 3.48. The van der Waals surface area contributed by atoms with Crippen LogP contribution >= 0.6 is 11.3 Å². The van der Waals surface area contributed by atoms with E-state index in [1.807, 2.05) is 19.9 Å². The van der Waals surface area contributed by atoms with Gasteiger partial charge in [0.15, 0.2) is 10.3 Å². The van der Waals surface area contributed by atoms with Crippen LogP contribution in [0.1, 0.15) is 30.1 Å². The molecule has 1 atom stereocenters. The van der Waals surface area contributed by atoms with Gasteiger partial charge < -0.3 is 18.6 Å². The van der Waals surface area contributed by atoms with Gasteiger partial charge >= 0.3 is 0 Å². The van der Waals surface area contributed by atoms with Crippen LogP contribution in [0.2, 0.25) is 0 Å². The summed E-state index contributed by atoms with van der Waals surface area (Å²) in [6.45, 7) is 4.13. The lowest BCUT2D eigenvalue weighted by Crippen LogP contribution is -2.18. The lowest BCUT2D eigenvalue weighted by Gasteiger charge is -2.16. The number of carbonyl (C=O) groups excluding carboxylic acids is 1. The van der Waals surface area contributed by atoms with Crippen LogP contribution in [0.3, 0.4) is 0 Å². The molecule has 2 aromatic carbocycles. The third-order valence-electron chi connectivity index (χ3n) is 4.66. The lowest BCUT2D eigenvalue weighted by atomic mass is 10.1. The Balaban J connectivity index is 1.60. The van der Waals surface area contributed by atoms with Crippen LogP contribution in [0.4, 0.5) is 9.52 Å². The fourth-order valence-corrected chi connectivity index (χ4v) is 3.69. The van der Waals surface area contributed by atoms with Gasteiger partial charge in [0.25, 0.3) is 5.91 Å². The number of aryl methyl sites for hydroxylation is 1. The first kappa shape index (κ1) is 24.3. The van der Waals surface area contributed by atoms with Crippen LogP contribution in [0.25, 0.3) is 11.5 Å². The number of thiazole rings is 1. The molecule has 0 unspecified atom stereocenters. The van der Waals surface area contributed by atoms with E-state index in [4.69, 9.17) is 18.6 Å². The molecule has 2 heterocycles. The Kier molecular flexibility index (Phi) is 7.68. The Labute approximate surface area is 204 Å². The van der Waals surface area contributed by atoms with Gasteiger partial charge in [-0.15, -0.1) is 10.2 Å². The molecule has 0 saturated heterocycles. The van der Waals surface area contributed by atoms with Crippen molar-refractivity contribution in [2.75, 3.05) is 19.0 Å². The largest absolute Gasteiger partial charge is 0.488 e. The van der Waals surface area contributed by atoms with E-state index >= 15 is 0 Å². The number of rotatable bonds is 10. The number of halogens is 1. The molecule has 182 valence electrons. The number of carbonyl (C=O) groups is 1. The van der Waals surface area contributed by atoms with Crippen LogP contribution in [0.15, 0.2) is 53.1 Å². The van der Waals surface area contributed by atoms with Crippen LogP contribution in [0.5, 0.6) is 17.2 Å². The fraction of sp³-hybridized carbons (Fsp3) is 0.250. The molecule has 9 nitrogen and oxygen atoms in total. The smallest absolute Gasteiger partial charge is 0.257 e. The number of amides is 1. The maximum Gasteiger partial charge on any atom is 0.257 e. The number of methoxy groups -OCH3 is 1. The van der Waals surface area contributed by atoms with Crippen LogP contribution in [-0.2, 0) is 11.2 Å². The Morgan fingerprint density at radius 1 is 1.17 bits per heavy atom. The molecule has 0 fully saturated rings. The number of benzene rings is 2. The molecule has 1 N–H and O–H groups in total. The molecular weight excluding hydrogens is 475 g/mol. The van der Waals surface area contributed by atoms with E-state index < -0.39 is 11.0 Å². The standard InChI is InChI=1S/C24H23FN4O5S/c1-4-21-28-29-23(34-21)15-6-5-7-17(8-15)33-19-10-16(9-18(11-19)32-14(2)13-31-3)22(30)27-24-26-12-20(25)35-24/h5-12,14H,4,13H2,1-3H3,(H,26,27,30)/t14-/m1/s1. The molecule has 1 amide bonds. The molecule has 0 spiro atoms. The van der Waals surface area contributed by atoms with Gasteiger partial charge in [-0.25, -0.2) is 4.98 Å². The van der Waals surface area contributed by atoms with E-state index in [9.17, 15) is 9.18 Å². The second-order valence-electron chi connectivity index (χ2n) is 7.48. The van der Waals surface area contributed by atoms with Crippen LogP contribution in [0, 0.1) is 5.13 Å². The van der Waals surface area contributed by atoms with Crippen molar-refractivity contribution in [2.24, 2.45) is 0 Å². The Morgan fingerprint density at radius 3 is 2.71 bits per heavy atom. The van der Waals surface area contributed by atoms with Gasteiger partial charge in [0.05, 0.1) is 12.8 Å². The molecule has 0 aliphatic heterocycles. The van der Waals surface area contributed by atoms with Gasteiger partial charge in [0, 0.05) is 30.7 Å². The van der Waals surface area contributed by atoms with E-state index in [-0.39, 0.29) is 16.8 Å². The Morgan fingerprint density at radius 2 is 2.00 bits per heavy atom. The average molecular weight is 499 g/mol. The monoisotopic (exact) mass is 498 g/mol. The number of hydrogen-bond acceptors (Lipinski definition) is 9. The van der Waals surface area contributed by atoms with Gasteiger partial charge in [-0.1, -0.05) is 24.3 Å². The summed E-state index contributed by atoms with van der Waals surface area (Å²) >= 11 is 0.733. The summed E-state index contributed by atoms with van der Waals surface area (Å²) < 4.78 is 36.0. The third-order valence-corrected chi connectivity index (χ3v) is 5.37. The minimum atomic E-state index is -0.498. The zero-order valence-corrected chi connectivity index (χ0v) is 20.1. The van der Waals surface area contributed by atoms with Crippen molar-refractivity contribution in [1.29, 1.82) is 0 Å². The molecule has 4 aromatic rings. The summed E-state index contributed by atoms with van der Waals surface area (Å²) in [4.78, 5) is 16.7. The Bertz CT molecular complexity index is 1310. The molecule has 0 aliphatic rings. The molecule has 35 heavy (non-hydrogen) atoms. The highest BCUT2D eigenvalue weighted by atomic mass is 32.1. The topological polar surface area (TPSA) is 109 Å². The van der Waals surface area contributed by atoms with Crippen molar-refractivity contribution in [2.45, 2.75) is 26.4 Å². The van der Waals surface area contributed by atoms with Crippen molar-refractivity contribution in [1.82, 2.24) is 15.2 Å². The van der Waals surface area contributed by atoms with E-state index in [0.29, 0.717) is 47.6 Å². The molecule has 0 bridgehead atoms. The molecule has 2 aromatic heterocycles. The van der Waals surface area contributed by atoms with E-state index in [0.717, 1.165) is 17.5 Å². The SMILES string of the molecule is CCc1nnc(-c2cccc(Oc3cc(O[C@H](C)COC)cc(C(=O)Nc4ncc(F)s4)c3)c2)o1. The van der Waals surface area contributed by atoms with Crippen molar-refractivity contribution in [3.05, 3.63) is 65.2 Å². The predicted molar refractivity (Wildman–Crippen MR) is 128 cm³/mol. The third kappa shape index (κ3) is 6.40. The van der Waals surface area contributed by atoms with Crippen molar-refractivity contribution in [3.63, 3.8) is 0 Å². The predicted octanol–water partition coefficient (Wildman–Crippen LogP) is 5.35. The summed E-state index contributed by atoms with van der Waals surface area (Å²) in [7, 11) is 1.57. The number of ether oxygens (including phenoxy) is 3. The van der Waals surface area contributed by atoms with Crippen LogP contribution in [-0.4, -0.2) is 40.9 Å².